The lowest BCUT2D eigenvalue weighted by atomic mass is 9.90. The van der Waals surface area contributed by atoms with Crippen molar-refractivity contribution in [3.63, 3.8) is 0 Å². The number of halogens is 1. The highest BCUT2D eigenvalue weighted by molar-refractivity contribution is 6.30. The van der Waals surface area contributed by atoms with Crippen molar-refractivity contribution in [3.8, 4) is 28.0 Å². The Morgan fingerprint density at radius 1 is 0.922 bits per heavy atom. The Morgan fingerprint density at radius 2 is 1.61 bits per heavy atom. The number of ether oxygens (including phenoxy) is 1. The Hall–Kier alpha value is -6.62. The number of rotatable bonds is 16. The van der Waals surface area contributed by atoms with Gasteiger partial charge in [-0.3, -0.25) is 33.6 Å². The summed E-state index contributed by atoms with van der Waals surface area (Å²) in [5.74, 6) is -3.90. The van der Waals surface area contributed by atoms with Gasteiger partial charge in [0.25, 0.3) is 5.91 Å². The predicted octanol–water partition coefficient (Wildman–Crippen LogP) is 3.24. The number of aromatic hydroxyl groups is 1. The molecule has 0 radical (unpaired) electrons. The van der Waals surface area contributed by atoms with Gasteiger partial charge in [0.1, 0.15) is 36.0 Å². The zero-order valence-corrected chi connectivity index (χ0v) is 36.4. The van der Waals surface area contributed by atoms with Crippen LogP contribution in [0.2, 0.25) is 5.02 Å². The Kier molecular flexibility index (Phi) is 15.5. The largest absolute Gasteiger partial charge is 0.507 e. The summed E-state index contributed by atoms with van der Waals surface area (Å²) in [6.45, 7) is 3.31. The van der Waals surface area contributed by atoms with Crippen LogP contribution in [0, 0.1) is 0 Å². The smallest absolute Gasteiger partial charge is 0.251 e. The number of hydrogen-bond donors (Lipinski definition) is 7. The lowest BCUT2D eigenvalue weighted by Gasteiger charge is -2.33. The molecule has 16 nitrogen and oxygen atoms in total. The SMILES string of the molecule is C[C@H](NC(=O)[C@@H]1Cc2ccc(O)c(c2)-c2cc(ccc2C2CO2)[C@H](N(C)C(=O)[C@H](CCCCN)NC(=O)c2ccc(-c3ccc(Cl)cc3)cc2)C(=O)N[C@@H](C)C(=O)N1)C(=O)CNC=O. The molecule has 1 unspecified atom stereocenters. The summed E-state index contributed by atoms with van der Waals surface area (Å²) < 4.78 is 5.66. The standard InChI is InChI=1S/C47H52ClN7O9/c1-26(40(58)23-50-25-56)51-45(61)38-21-28-7-18-39(57)36(20-28)35-22-32(14-17-34(35)41-24-64-41)42(46(62)52-27(2)43(59)54-38)55(3)47(63)37(6-4-5-19-49)53-44(60)31-10-8-29(9-11-31)30-12-15-33(48)16-13-30/h7-18,20,22,25-27,37-38,41-42,57H,4-6,19,21,23-24,49H2,1-3H3,(H,50,56)(H,51,61)(H,52,62)(H,53,60)(H,54,59)/t26-,27-,37-,38-,41?,42-/m0/s1. The average Bonchev–Trinajstić information content (AvgIpc) is 4.14. The molecule has 0 spiro atoms. The summed E-state index contributed by atoms with van der Waals surface area (Å²) >= 11 is 6.06. The molecule has 6 rings (SSSR count). The van der Waals surface area contributed by atoms with Crippen molar-refractivity contribution in [3.05, 3.63) is 112 Å². The van der Waals surface area contributed by atoms with E-state index in [0.717, 1.165) is 11.1 Å². The highest BCUT2D eigenvalue weighted by Crippen LogP contribution is 2.42. The molecule has 0 aliphatic carbocycles. The van der Waals surface area contributed by atoms with Crippen LogP contribution in [0.4, 0.5) is 0 Å². The fraction of sp³-hybridized carbons (Fsp3) is 0.340. The van der Waals surface area contributed by atoms with Crippen LogP contribution in [0.1, 0.15) is 72.3 Å². The van der Waals surface area contributed by atoms with E-state index in [1.54, 1.807) is 66.7 Å². The molecule has 2 aliphatic heterocycles. The Labute approximate surface area is 375 Å². The molecule has 17 heteroatoms. The second-order valence-corrected chi connectivity index (χ2v) is 16.4. The van der Waals surface area contributed by atoms with Crippen LogP contribution >= 0.6 is 11.6 Å². The van der Waals surface area contributed by atoms with Crippen molar-refractivity contribution >= 4 is 53.3 Å². The van der Waals surface area contributed by atoms with Crippen LogP contribution in [0.5, 0.6) is 5.75 Å². The van der Waals surface area contributed by atoms with Crippen LogP contribution < -0.4 is 32.3 Å². The maximum absolute atomic E-state index is 14.7. The second kappa shape index (κ2) is 21.2. The van der Waals surface area contributed by atoms with Crippen molar-refractivity contribution in [1.29, 1.82) is 0 Å². The minimum Gasteiger partial charge on any atom is -0.507 e. The third kappa shape index (κ3) is 11.5. The van der Waals surface area contributed by atoms with Crippen molar-refractivity contribution in [2.75, 3.05) is 26.7 Å². The molecular formula is C47H52ClN7O9. The third-order valence-corrected chi connectivity index (χ3v) is 11.6. The topological polar surface area (TPSA) is 242 Å². The zero-order valence-electron chi connectivity index (χ0n) is 35.7. The van der Waals surface area contributed by atoms with Gasteiger partial charge in [-0.15, -0.1) is 0 Å². The van der Waals surface area contributed by atoms with Crippen molar-refractivity contribution < 1.29 is 43.4 Å². The Balaban J connectivity index is 1.34. The molecular weight excluding hydrogens is 842 g/mol. The molecule has 64 heavy (non-hydrogen) atoms. The summed E-state index contributed by atoms with van der Waals surface area (Å²) in [7, 11) is 1.44. The lowest BCUT2D eigenvalue weighted by Crippen LogP contribution is -2.57. The molecule has 2 aliphatic rings. The molecule has 4 bridgehead atoms. The molecule has 0 saturated carbocycles. The first-order valence-corrected chi connectivity index (χ1v) is 21.4. The number of nitrogens with two attached hydrogens (primary N) is 1. The molecule has 2 heterocycles. The van der Waals surface area contributed by atoms with Crippen LogP contribution in [-0.4, -0.2) is 103 Å². The number of phenolic OH excluding ortho intramolecular Hbond substituents is 1. The zero-order chi connectivity index (χ0) is 46.1. The number of phenols is 1. The lowest BCUT2D eigenvalue weighted by molar-refractivity contribution is -0.141. The molecule has 336 valence electrons. The first-order valence-electron chi connectivity index (χ1n) is 21.0. The molecule has 8 N–H and O–H groups in total. The first kappa shape index (κ1) is 46.9. The highest BCUT2D eigenvalue weighted by atomic mass is 35.5. The number of unbranched alkanes of at least 4 members (excludes halogenated alkanes) is 1. The van der Waals surface area contributed by atoms with Gasteiger partial charge in [-0.05, 0) is 115 Å². The second-order valence-electron chi connectivity index (χ2n) is 16.0. The number of likely N-dealkylation sites (N-methyl/N-ethyl adjacent to an activating group) is 1. The number of amides is 6. The van der Waals surface area contributed by atoms with Gasteiger partial charge in [0.2, 0.25) is 30.0 Å². The number of nitrogens with zero attached hydrogens (tertiary/aromatic N) is 1. The number of fused-ring (bicyclic) bond motifs is 5. The fourth-order valence-electron chi connectivity index (χ4n) is 7.57. The van der Waals surface area contributed by atoms with Gasteiger partial charge in [-0.2, -0.15) is 0 Å². The summed E-state index contributed by atoms with van der Waals surface area (Å²) in [4.78, 5) is 95.1. The minimum atomic E-state index is -1.37. The number of carbonyl (C=O) groups excluding carboxylic acids is 7. The number of epoxide rings is 1. The number of benzene rings is 4. The van der Waals surface area contributed by atoms with E-state index < -0.39 is 65.5 Å². The van der Waals surface area contributed by atoms with E-state index in [2.05, 4.69) is 26.6 Å². The molecule has 6 atom stereocenters. The molecule has 4 aromatic carbocycles. The van der Waals surface area contributed by atoms with Crippen LogP contribution in [0.15, 0.2) is 84.9 Å². The van der Waals surface area contributed by atoms with E-state index >= 15 is 0 Å². The quantitative estimate of drug-likeness (QED) is 0.0492. The van der Waals surface area contributed by atoms with Crippen molar-refractivity contribution in [2.24, 2.45) is 5.73 Å². The van der Waals surface area contributed by atoms with Crippen LogP contribution in [0.3, 0.4) is 0 Å². The van der Waals surface area contributed by atoms with Crippen LogP contribution in [0.25, 0.3) is 22.3 Å². The number of Topliss-reactive ketones (excluding diaryl/α,β-unsaturated/α-hetero) is 1. The van der Waals surface area contributed by atoms with Gasteiger partial charge < -0.3 is 47.1 Å². The molecule has 1 fully saturated rings. The van der Waals surface area contributed by atoms with Gasteiger partial charge in [-0.25, -0.2) is 0 Å². The van der Waals surface area contributed by atoms with E-state index in [0.29, 0.717) is 70.8 Å². The first-order chi connectivity index (χ1) is 30.7. The monoisotopic (exact) mass is 893 g/mol. The van der Waals surface area contributed by atoms with Gasteiger partial charge in [-0.1, -0.05) is 54.1 Å². The molecule has 4 aromatic rings. The number of carbonyl (C=O) groups is 7. The van der Waals surface area contributed by atoms with Gasteiger partial charge in [0.15, 0.2) is 5.78 Å². The van der Waals surface area contributed by atoms with Gasteiger partial charge >= 0.3 is 0 Å². The van der Waals surface area contributed by atoms with Crippen molar-refractivity contribution in [2.45, 2.75) is 75.8 Å². The molecule has 1 saturated heterocycles. The third-order valence-electron chi connectivity index (χ3n) is 11.3. The summed E-state index contributed by atoms with van der Waals surface area (Å²) in [5, 5.41) is 25.1. The Bertz CT molecular complexity index is 2390. The number of hydrogen-bond acceptors (Lipinski definition) is 10. The molecule has 0 aromatic heterocycles. The van der Waals surface area contributed by atoms with Crippen molar-refractivity contribution in [1.82, 2.24) is 31.5 Å². The van der Waals surface area contributed by atoms with E-state index in [-0.39, 0.29) is 31.2 Å². The van der Waals surface area contributed by atoms with E-state index in [9.17, 15) is 38.7 Å². The van der Waals surface area contributed by atoms with Gasteiger partial charge in [0.05, 0.1) is 19.2 Å². The van der Waals surface area contributed by atoms with E-state index in [1.165, 1.54) is 31.9 Å². The Morgan fingerprint density at radius 3 is 2.27 bits per heavy atom. The highest BCUT2D eigenvalue weighted by Gasteiger charge is 2.37. The van der Waals surface area contributed by atoms with E-state index in [1.807, 2.05) is 12.1 Å². The maximum atomic E-state index is 14.7. The average molecular weight is 894 g/mol. The number of ketones is 1. The van der Waals surface area contributed by atoms with Gasteiger partial charge in [0, 0.05) is 29.6 Å². The maximum Gasteiger partial charge on any atom is 0.251 e. The van der Waals surface area contributed by atoms with Crippen LogP contribution in [-0.2, 0) is 39.9 Å². The number of nitrogens with one attached hydrogen (secondary N) is 5. The predicted molar refractivity (Wildman–Crippen MR) is 239 cm³/mol. The molecule has 6 amide bonds. The van der Waals surface area contributed by atoms with E-state index in [4.69, 9.17) is 22.1 Å². The minimum absolute atomic E-state index is 0.0718. The summed E-state index contributed by atoms with van der Waals surface area (Å²) in [5.41, 5.74) is 10.3. The summed E-state index contributed by atoms with van der Waals surface area (Å²) in [6.07, 6.45) is 1.23. The normalized spacial score (nSPS) is 19.1. The summed E-state index contributed by atoms with van der Waals surface area (Å²) in [6, 6.07) is 18.0. The fourth-order valence-corrected chi connectivity index (χ4v) is 7.70.